The third kappa shape index (κ3) is 26.1. The van der Waals surface area contributed by atoms with Crippen molar-refractivity contribution in [3.8, 4) is 63.2 Å². The van der Waals surface area contributed by atoms with Crippen LogP contribution in [0.3, 0.4) is 0 Å². The molecule has 36 heteroatoms. The molecule has 0 unspecified atom stereocenters. The Kier molecular flexibility index (Phi) is 29.1. The van der Waals surface area contributed by atoms with Gasteiger partial charge in [0.25, 0.3) is 29.5 Å². The number of methoxy groups -OCH3 is 1. The van der Waals surface area contributed by atoms with E-state index in [1.165, 1.54) is 199 Å². The number of aryl methyl sites for hydroxylation is 4. The Morgan fingerprint density at radius 3 is 0.907 bits per heavy atom. The van der Waals surface area contributed by atoms with Gasteiger partial charge in [-0.15, -0.1) is 0 Å². The van der Waals surface area contributed by atoms with Crippen LogP contribution in [0.4, 0.5) is 37.2 Å². The number of benzene rings is 2. The van der Waals surface area contributed by atoms with Crippen LogP contribution in [0.15, 0.2) is 277 Å². The molecule has 2 aromatic carbocycles. The monoisotopic (exact) mass is 1590 g/mol. The van der Waals surface area contributed by atoms with Gasteiger partial charge in [0.05, 0.1) is 176 Å². The van der Waals surface area contributed by atoms with Crippen LogP contribution < -0.4 is 55.0 Å². The lowest BCUT2D eigenvalue weighted by atomic mass is 10.1. The highest BCUT2D eigenvalue weighted by atomic mass is 19.1. The second-order valence-corrected chi connectivity index (χ2v) is 24.2. The topological polar surface area (TPSA) is 433 Å². The van der Waals surface area contributed by atoms with E-state index in [4.69, 9.17) is 28.4 Å². The van der Waals surface area contributed by atoms with E-state index in [1.54, 1.807) is 93.0 Å². The molecule has 0 radical (unpaired) electrons. The predicted molar refractivity (Wildman–Crippen MR) is 422 cm³/mol. The molecule has 13 heterocycles. The van der Waals surface area contributed by atoms with Gasteiger partial charge in [-0.25, -0.2) is 58.6 Å². The summed E-state index contributed by atoms with van der Waals surface area (Å²) in [6.07, 6.45) is 43.6. The molecular formula is C82H65F2N23O11. The number of ether oxygens (including phenoxy) is 6. The van der Waals surface area contributed by atoms with E-state index in [2.05, 4.69) is 116 Å². The first-order chi connectivity index (χ1) is 57.4. The van der Waals surface area contributed by atoms with Crippen molar-refractivity contribution in [2.75, 3.05) is 33.7 Å². The number of nitrogens with zero attached hydrogens (tertiary/aromatic N) is 18. The molecule has 15 aromatic rings. The number of hydrogen-bond donors (Lipinski definition) is 5. The predicted octanol–water partition coefficient (Wildman–Crippen LogP) is 14.3. The number of anilines is 5. The average molecular weight is 1590 g/mol. The summed E-state index contributed by atoms with van der Waals surface area (Å²) in [5.41, 5.74) is 6.74. The lowest BCUT2D eigenvalue weighted by molar-refractivity contribution is 0.101. The minimum Gasteiger partial charge on any atom is -0.497 e. The van der Waals surface area contributed by atoms with Crippen molar-refractivity contribution in [3.05, 3.63) is 339 Å². The van der Waals surface area contributed by atoms with Gasteiger partial charge in [0.15, 0.2) is 28.7 Å². The SMILES string of the molecule is COc1ccnc(C(=O)Nc2cncc(Oc3cncnc3)c2)c1.Cc1ccc(C(=O)Nc2cncc(Oc3cncnc3)c2)nc1.Cc1ccc(F)c(C(=O)Nc2cncc(Oc3cncnc3)c2)c1.Cc1ccc(F)c(C(=O)Nc2cncc(Oc3cncnc3)c2)c1.Cc1cncc(C(=O)Nc2cncc(Oc3cncnc3)c2)c1. The molecule has 13 aromatic heterocycles. The van der Waals surface area contributed by atoms with Gasteiger partial charge in [0.1, 0.15) is 89.2 Å². The summed E-state index contributed by atoms with van der Waals surface area (Å²) < 4.78 is 60.4. The number of pyridine rings is 8. The van der Waals surface area contributed by atoms with E-state index in [0.29, 0.717) is 103 Å². The zero-order valence-electron chi connectivity index (χ0n) is 62.8. The molecule has 0 aliphatic heterocycles. The summed E-state index contributed by atoms with van der Waals surface area (Å²) in [7, 11) is 1.52. The fourth-order valence-electron chi connectivity index (χ4n) is 9.65. The summed E-state index contributed by atoms with van der Waals surface area (Å²) in [5, 5.41) is 13.4. The van der Waals surface area contributed by atoms with Crippen LogP contribution in [0.1, 0.15) is 74.3 Å². The van der Waals surface area contributed by atoms with E-state index in [0.717, 1.165) is 22.3 Å². The van der Waals surface area contributed by atoms with Gasteiger partial charge < -0.3 is 55.0 Å². The van der Waals surface area contributed by atoms with Gasteiger partial charge >= 0.3 is 0 Å². The summed E-state index contributed by atoms with van der Waals surface area (Å²) in [5.74, 6) is 1.81. The lowest BCUT2D eigenvalue weighted by Crippen LogP contribution is -2.14. The molecule has 0 saturated carbocycles. The summed E-state index contributed by atoms with van der Waals surface area (Å²) in [6.45, 7) is 7.36. The molecule has 0 spiro atoms. The van der Waals surface area contributed by atoms with Crippen LogP contribution >= 0.6 is 0 Å². The maximum atomic E-state index is 13.8. The number of aromatic nitrogens is 18. The molecule has 5 N–H and O–H groups in total. The van der Waals surface area contributed by atoms with Gasteiger partial charge in [-0.2, -0.15) is 0 Å². The maximum Gasteiger partial charge on any atom is 0.274 e. The van der Waals surface area contributed by atoms with Crippen molar-refractivity contribution in [1.29, 1.82) is 0 Å². The van der Waals surface area contributed by atoms with E-state index in [-0.39, 0.29) is 34.5 Å². The molecular weight excluding hydrogens is 1520 g/mol. The Balaban J connectivity index is 0.000000145. The third-order valence-electron chi connectivity index (χ3n) is 14.9. The normalized spacial score (nSPS) is 10.2. The number of nitrogens with one attached hydrogen (secondary N) is 5. The second kappa shape index (κ2) is 41.9. The summed E-state index contributed by atoms with van der Waals surface area (Å²) in [6, 6.07) is 25.3. The lowest BCUT2D eigenvalue weighted by Gasteiger charge is -2.09. The first-order valence-corrected chi connectivity index (χ1v) is 34.7. The molecule has 0 aliphatic carbocycles. The van der Waals surface area contributed by atoms with Crippen LogP contribution in [0, 0.1) is 39.3 Å². The molecule has 0 bridgehead atoms. The first kappa shape index (κ1) is 82.0. The zero-order chi connectivity index (χ0) is 82.8. The van der Waals surface area contributed by atoms with E-state index < -0.39 is 23.4 Å². The third-order valence-corrected chi connectivity index (χ3v) is 14.9. The molecule has 5 amide bonds. The first-order valence-electron chi connectivity index (χ1n) is 34.7. The molecule has 0 saturated heterocycles. The van der Waals surface area contributed by atoms with Crippen molar-refractivity contribution in [3.63, 3.8) is 0 Å². The number of carbonyl (C=O) groups is 5. The Morgan fingerprint density at radius 2 is 0.576 bits per heavy atom. The standard InChI is InChI=1S/2C17H13FN4O2.C16H13N5O3.2C16H13N5O2/c2*1-11-2-3-16(18)15(4-11)17(23)22-12-5-13(7-19-6-12)24-14-8-20-10-21-9-14;1-23-12-2-3-20-15(5-12)16(22)21-11-4-13(7-17-6-11)24-14-8-18-10-19-9-14;1-11-2-12(5-17-4-11)16(22)21-13-3-14(7-18-6-13)23-15-8-19-10-20-9-15;1-11-2-3-15(20-5-11)16(22)21-12-4-13(7-17-6-12)23-14-8-18-10-19-9-14/h2*2-10H,1H3,(H,22,23);2-10H,1H3,(H,21,22);2*2-10H,1H3,(H,21,22). The molecule has 0 atom stereocenters. The van der Waals surface area contributed by atoms with Crippen molar-refractivity contribution in [1.82, 2.24) is 89.7 Å². The fourth-order valence-corrected chi connectivity index (χ4v) is 9.65. The van der Waals surface area contributed by atoms with Gasteiger partial charge in [0, 0.05) is 61.2 Å². The highest BCUT2D eigenvalue weighted by molar-refractivity contribution is 6.06. The number of rotatable bonds is 21. The van der Waals surface area contributed by atoms with E-state index in [9.17, 15) is 32.8 Å². The van der Waals surface area contributed by atoms with Crippen molar-refractivity contribution in [2.45, 2.75) is 27.7 Å². The second-order valence-electron chi connectivity index (χ2n) is 24.2. The van der Waals surface area contributed by atoms with Crippen molar-refractivity contribution in [2.24, 2.45) is 0 Å². The van der Waals surface area contributed by atoms with Gasteiger partial charge in [-0.05, 0) is 81.3 Å². The van der Waals surface area contributed by atoms with Crippen LogP contribution in [0.5, 0.6) is 63.2 Å². The van der Waals surface area contributed by atoms with E-state index >= 15 is 0 Å². The Morgan fingerprint density at radius 1 is 0.263 bits per heavy atom. The van der Waals surface area contributed by atoms with Crippen LogP contribution in [-0.4, -0.2) is 126 Å². The van der Waals surface area contributed by atoms with Crippen LogP contribution in [-0.2, 0) is 0 Å². The Hall–Kier alpha value is -17.0. The molecule has 0 aliphatic rings. The van der Waals surface area contributed by atoms with Crippen LogP contribution in [0.25, 0.3) is 0 Å². The zero-order valence-corrected chi connectivity index (χ0v) is 62.8. The molecule has 588 valence electrons. The van der Waals surface area contributed by atoms with Gasteiger partial charge in [-0.3, -0.25) is 63.8 Å². The fraction of sp³-hybridized carbons (Fsp3) is 0.0610. The largest absolute Gasteiger partial charge is 0.497 e. The van der Waals surface area contributed by atoms with Crippen molar-refractivity contribution >= 4 is 58.0 Å². The van der Waals surface area contributed by atoms with Gasteiger partial charge in [0.2, 0.25) is 0 Å². The summed E-state index contributed by atoms with van der Waals surface area (Å²) >= 11 is 0. The quantitative estimate of drug-likeness (QED) is 0.0446. The van der Waals surface area contributed by atoms with E-state index in [1.807, 2.05) is 19.9 Å². The van der Waals surface area contributed by atoms with Crippen LogP contribution in [0.2, 0.25) is 0 Å². The highest BCUT2D eigenvalue weighted by Crippen LogP contribution is 2.28. The minimum atomic E-state index is -0.583. The Labute approximate surface area is 669 Å². The molecule has 118 heavy (non-hydrogen) atoms. The minimum absolute atomic E-state index is 0.0298. The average Bonchev–Trinajstić information content (AvgIpc) is 0.824. The summed E-state index contributed by atoms with van der Waals surface area (Å²) in [4.78, 5) is 132. The number of amides is 5. The number of hydrogen-bond acceptors (Lipinski definition) is 29. The molecule has 15 rings (SSSR count). The molecule has 0 fully saturated rings. The maximum absolute atomic E-state index is 13.8. The highest BCUT2D eigenvalue weighted by Gasteiger charge is 2.17. The smallest absolute Gasteiger partial charge is 0.274 e. The number of carbonyl (C=O) groups excluding carboxylic acids is 5. The van der Waals surface area contributed by atoms with Crippen molar-refractivity contribution < 1.29 is 61.2 Å². The molecule has 34 nitrogen and oxygen atoms in total. The van der Waals surface area contributed by atoms with Gasteiger partial charge in [-0.1, -0.05) is 29.3 Å². The number of halogens is 2. The Bertz CT molecular complexity index is 5730.